The highest BCUT2D eigenvalue weighted by Crippen LogP contribution is 2.18. The van der Waals surface area contributed by atoms with E-state index in [1.165, 1.54) is 24.3 Å². The van der Waals surface area contributed by atoms with Crippen LogP contribution in [0.5, 0.6) is 0 Å². The maximum absolute atomic E-state index is 11.0. The van der Waals surface area contributed by atoms with E-state index in [1.54, 1.807) is 0 Å². The molecule has 2 rings (SSSR count). The van der Waals surface area contributed by atoms with Gasteiger partial charge in [-0.2, -0.15) is 0 Å². The van der Waals surface area contributed by atoms with Crippen molar-refractivity contribution in [3.8, 4) is 11.5 Å². The fraction of sp³-hybridized carbons (Fsp3) is 0.167. The second-order valence-electron chi connectivity index (χ2n) is 2.68. The molecule has 0 N–H and O–H groups in total. The van der Waals surface area contributed by atoms with E-state index in [9.17, 15) is 8.42 Å². The molecule has 0 amide bonds. The summed E-state index contributed by atoms with van der Waals surface area (Å²) in [7, 11) is 2.71. The highest BCUT2D eigenvalue weighted by molar-refractivity contribution is 8.13. The number of oxazole rings is 1. The Balaban J connectivity index is 2.60. The van der Waals surface area contributed by atoms with Crippen LogP contribution in [0.4, 0.5) is 0 Å². The number of nitrogens with zero attached hydrogens (tertiary/aromatic N) is 4. The second kappa shape index (κ2) is 3.31. The quantitative estimate of drug-likeness (QED) is 0.715. The van der Waals surface area contributed by atoms with Gasteiger partial charge in [0.25, 0.3) is 14.2 Å². The molecule has 0 atom stereocenters. The molecular weight excluding hydrogens is 244 g/mol. The summed E-state index contributed by atoms with van der Waals surface area (Å²) < 4.78 is 28.0. The molecule has 0 unspecified atom stereocenters. The largest absolute Gasteiger partial charge is 0.451 e. The van der Waals surface area contributed by atoms with Crippen LogP contribution in [0.25, 0.3) is 11.5 Å². The Kier molecular flexibility index (Phi) is 2.24. The minimum atomic E-state index is -3.90. The molecule has 0 aliphatic rings. The first-order chi connectivity index (χ1) is 7.00. The van der Waals surface area contributed by atoms with Gasteiger partial charge in [0.15, 0.2) is 12.2 Å². The minimum absolute atomic E-state index is 0.267. The van der Waals surface area contributed by atoms with E-state index >= 15 is 0 Å². The maximum atomic E-state index is 11.0. The molecule has 2 aromatic rings. The van der Waals surface area contributed by atoms with Gasteiger partial charge >= 0.3 is 0 Å². The zero-order chi connectivity index (χ0) is 11.1. The van der Waals surface area contributed by atoms with Crippen LogP contribution >= 0.6 is 10.7 Å². The third-order valence-electron chi connectivity index (χ3n) is 1.71. The molecule has 0 saturated heterocycles. The summed E-state index contributed by atoms with van der Waals surface area (Å²) in [5.41, 5.74) is 0.386. The summed E-state index contributed by atoms with van der Waals surface area (Å²) in [6, 6.07) is 0. The van der Waals surface area contributed by atoms with Gasteiger partial charge in [0, 0.05) is 17.7 Å². The van der Waals surface area contributed by atoms with E-state index in [4.69, 9.17) is 15.1 Å². The van der Waals surface area contributed by atoms with Gasteiger partial charge in [-0.05, 0) is 0 Å². The number of hydrogen-bond donors (Lipinski definition) is 0. The molecule has 2 aromatic heterocycles. The maximum Gasteiger partial charge on any atom is 0.296 e. The lowest BCUT2D eigenvalue weighted by Crippen LogP contribution is -2.02. The van der Waals surface area contributed by atoms with Gasteiger partial charge in [-0.3, -0.25) is 4.57 Å². The van der Waals surface area contributed by atoms with Crippen LogP contribution in [-0.4, -0.2) is 28.2 Å². The molecule has 0 radical (unpaired) electrons. The Labute approximate surface area is 89.1 Å². The summed E-state index contributed by atoms with van der Waals surface area (Å²) in [6.45, 7) is 0. The van der Waals surface area contributed by atoms with Crippen molar-refractivity contribution in [1.82, 2.24) is 19.7 Å². The average molecular weight is 249 g/mol. The van der Waals surface area contributed by atoms with Crippen molar-refractivity contribution in [3.63, 3.8) is 0 Å². The van der Waals surface area contributed by atoms with Gasteiger partial charge < -0.3 is 4.42 Å². The molecule has 80 valence electrons. The molecule has 0 spiro atoms. The number of rotatable bonds is 2. The predicted octanol–water partition coefficient (Wildman–Crippen LogP) is 0.398. The molecule has 7 nitrogen and oxygen atoms in total. The zero-order valence-electron chi connectivity index (χ0n) is 7.45. The van der Waals surface area contributed by atoms with Gasteiger partial charge in [0.2, 0.25) is 0 Å². The second-order valence-corrected chi connectivity index (χ2v) is 5.14. The van der Waals surface area contributed by atoms with Crippen LogP contribution in [0.3, 0.4) is 0 Å². The molecule has 0 bridgehead atoms. The smallest absolute Gasteiger partial charge is 0.296 e. The summed E-state index contributed by atoms with van der Waals surface area (Å²) in [4.78, 5) is 3.81. The summed E-state index contributed by atoms with van der Waals surface area (Å²) in [6.07, 6.45) is 2.54. The Hall–Kier alpha value is -1.41. The highest BCUT2D eigenvalue weighted by Gasteiger charge is 2.21. The zero-order valence-corrected chi connectivity index (χ0v) is 9.03. The first-order valence-electron chi connectivity index (χ1n) is 3.73. The fourth-order valence-electron chi connectivity index (χ4n) is 1.07. The van der Waals surface area contributed by atoms with Crippen molar-refractivity contribution in [2.24, 2.45) is 7.05 Å². The number of aromatic nitrogens is 4. The summed E-state index contributed by atoms with van der Waals surface area (Å²) >= 11 is 0. The van der Waals surface area contributed by atoms with Crippen LogP contribution in [0.1, 0.15) is 0 Å². The third kappa shape index (κ3) is 1.73. The highest BCUT2D eigenvalue weighted by atomic mass is 35.7. The lowest BCUT2D eigenvalue weighted by molar-refractivity contribution is 0.558. The van der Waals surface area contributed by atoms with Crippen LogP contribution in [0.2, 0.25) is 0 Å². The van der Waals surface area contributed by atoms with Crippen molar-refractivity contribution in [2.45, 2.75) is 5.16 Å². The normalized spacial score (nSPS) is 11.9. The van der Waals surface area contributed by atoms with Crippen molar-refractivity contribution < 1.29 is 12.8 Å². The Morgan fingerprint density at radius 3 is 2.67 bits per heavy atom. The van der Waals surface area contributed by atoms with E-state index in [-0.39, 0.29) is 11.0 Å². The molecule has 9 heteroatoms. The Bertz CT molecular complexity index is 574. The molecule has 0 aliphatic heterocycles. The minimum Gasteiger partial charge on any atom is -0.451 e. The first kappa shape index (κ1) is 10.1. The van der Waals surface area contributed by atoms with E-state index < -0.39 is 9.05 Å². The summed E-state index contributed by atoms with van der Waals surface area (Å²) in [5.74, 6) is 0.267. The van der Waals surface area contributed by atoms with Crippen molar-refractivity contribution in [3.05, 3.63) is 12.7 Å². The topological polar surface area (TPSA) is 90.9 Å². The van der Waals surface area contributed by atoms with E-state index in [2.05, 4.69) is 15.2 Å². The van der Waals surface area contributed by atoms with Crippen LogP contribution in [-0.2, 0) is 16.1 Å². The van der Waals surface area contributed by atoms with Gasteiger partial charge in [0.1, 0.15) is 12.0 Å². The van der Waals surface area contributed by atoms with Crippen molar-refractivity contribution in [2.75, 3.05) is 0 Å². The fourth-order valence-corrected chi connectivity index (χ4v) is 2.03. The van der Waals surface area contributed by atoms with Crippen LogP contribution < -0.4 is 0 Å². The Morgan fingerprint density at radius 1 is 1.47 bits per heavy atom. The lowest BCUT2D eigenvalue weighted by atomic mass is 10.4. The average Bonchev–Trinajstić information content (AvgIpc) is 2.69. The van der Waals surface area contributed by atoms with Gasteiger partial charge in [-0.25, -0.2) is 13.4 Å². The SMILES string of the molecule is Cn1c(-c2cocn2)nnc1S(=O)(=O)Cl. The monoisotopic (exact) mass is 248 g/mol. The summed E-state index contributed by atoms with van der Waals surface area (Å²) in [5, 5.41) is 6.77. The van der Waals surface area contributed by atoms with E-state index in [0.29, 0.717) is 5.69 Å². The molecule has 2 heterocycles. The molecule has 15 heavy (non-hydrogen) atoms. The Morgan fingerprint density at radius 2 is 2.20 bits per heavy atom. The number of hydrogen-bond acceptors (Lipinski definition) is 6. The van der Waals surface area contributed by atoms with Crippen molar-refractivity contribution in [1.29, 1.82) is 0 Å². The first-order valence-corrected chi connectivity index (χ1v) is 6.03. The molecule has 0 fully saturated rings. The van der Waals surface area contributed by atoms with E-state index in [1.807, 2.05) is 0 Å². The predicted molar refractivity (Wildman–Crippen MR) is 49.5 cm³/mol. The molecule has 0 saturated carbocycles. The van der Waals surface area contributed by atoms with Gasteiger partial charge in [0.05, 0.1) is 0 Å². The lowest BCUT2D eigenvalue weighted by Gasteiger charge is -1.97. The van der Waals surface area contributed by atoms with Crippen LogP contribution in [0, 0.1) is 0 Å². The van der Waals surface area contributed by atoms with Crippen molar-refractivity contribution >= 4 is 19.7 Å². The van der Waals surface area contributed by atoms with Crippen LogP contribution in [0.15, 0.2) is 22.2 Å². The third-order valence-corrected chi connectivity index (χ3v) is 2.92. The standard InChI is InChI=1S/C6H5ClN4O3S/c1-11-5(4-2-14-3-8-4)9-10-6(11)15(7,12)13/h2-3H,1H3. The number of halogens is 1. The van der Waals surface area contributed by atoms with Gasteiger partial charge in [-0.1, -0.05) is 0 Å². The molecular formula is C6H5ClN4O3S. The van der Waals surface area contributed by atoms with Gasteiger partial charge in [-0.15, -0.1) is 10.2 Å². The molecule has 0 aliphatic carbocycles. The van der Waals surface area contributed by atoms with E-state index in [0.717, 1.165) is 0 Å². The molecule has 0 aromatic carbocycles.